The van der Waals surface area contributed by atoms with Gasteiger partial charge >= 0.3 is 0 Å². The van der Waals surface area contributed by atoms with Crippen molar-refractivity contribution in [2.45, 2.75) is 46.0 Å². The van der Waals surface area contributed by atoms with Crippen molar-refractivity contribution in [3.05, 3.63) is 77.7 Å². The lowest BCUT2D eigenvalue weighted by atomic mass is 9.95. The second-order valence-electron chi connectivity index (χ2n) is 9.43. The zero-order valence-electron chi connectivity index (χ0n) is 21.4. The predicted molar refractivity (Wildman–Crippen MR) is 144 cm³/mol. The summed E-state index contributed by atoms with van der Waals surface area (Å²) >= 11 is 0. The Labute approximate surface area is 212 Å². The maximum absolute atomic E-state index is 13.4. The highest BCUT2D eigenvalue weighted by Crippen LogP contribution is 2.30. The zero-order valence-corrected chi connectivity index (χ0v) is 21.4. The Morgan fingerprint density at radius 3 is 2.22 bits per heavy atom. The molecule has 7 nitrogen and oxygen atoms in total. The molecule has 186 valence electrons. The van der Waals surface area contributed by atoms with Crippen LogP contribution in [-0.4, -0.2) is 56.7 Å². The Morgan fingerprint density at radius 2 is 1.58 bits per heavy atom. The minimum absolute atomic E-state index is 0.0917. The molecule has 0 saturated carbocycles. The highest BCUT2D eigenvalue weighted by Gasteiger charge is 2.29. The van der Waals surface area contributed by atoms with E-state index >= 15 is 0 Å². The molecule has 0 spiro atoms. The van der Waals surface area contributed by atoms with Crippen LogP contribution in [0.1, 0.15) is 49.7 Å². The molecule has 0 bridgehead atoms. The molecule has 7 heteroatoms. The van der Waals surface area contributed by atoms with Crippen molar-refractivity contribution in [2.24, 2.45) is 0 Å². The van der Waals surface area contributed by atoms with Gasteiger partial charge in [0, 0.05) is 32.6 Å². The number of fused-ring (bicyclic) bond motifs is 1. The number of anilines is 1. The molecule has 0 radical (unpaired) electrons. The lowest BCUT2D eigenvalue weighted by Gasteiger charge is -2.37. The first kappa shape index (κ1) is 24.0. The zero-order chi connectivity index (χ0) is 25.1. The number of para-hydroxylation sites is 1. The van der Waals surface area contributed by atoms with Crippen LogP contribution in [0.3, 0.4) is 0 Å². The highest BCUT2D eigenvalue weighted by atomic mass is 16.2. The second kappa shape index (κ2) is 10.5. The number of amides is 1. The molecule has 5 rings (SSSR count). The molecular formula is C29H34N6O. The topological polar surface area (TPSA) is 67.2 Å². The normalized spacial score (nSPS) is 14.9. The van der Waals surface area contributed by atoms with Gasteiger partial charge in [0.1, 0.15) is 11.6 Å². The van der Waals surface area contributed by atoms with Gasteiger partial charge in [-0.25, -0.2) is 14.6 Å². The monoisotopic (exact) mass is 482 g/mol. The van der Waals surface area contributed by atoms with E-state index in [0.717, 1.165) is 72.0 Å². The summed E-state index contributed by atoms with van der Waals surface area (Å²) in [4.78, 5) is 27.7. The van der Waals surface area contributed by atoms with E-state index in [-0.39, 0.29) is 11.8 Å². The number of carbonyl (C=O) groups is 1. The second-order valence-corrected chi connectivity index (χ2v) is 9.43. The molecule has 4 aromatic rings. The van der Waals surface area contributed by atoms with Crippen LogP contribution < -0.4 is 4.90 Å². The lowest BCUT2D eigenvalue weighted by molar-refractivity contribution is -0.133. The van der Waals surface area contributed by atoms with Gasteiger partial charge in [0.05, 0.1) is 22.7 Å². The molecule has 36 heavy (non-hydrogen) atoms. The maximum atomic E-state index is 13.4. The van der Waals surface area contributed by atoms with Crippen molar-refractivity contribution in [3.63, 3.8) is 0 Å². The lowest BCUT2D eigenvalue weighted by Crippen LogP contribution is -2.50. The van der Waals surface area contributed by atoms with E-state index in [1.54, 1.807) is 0 Å². The van der Waals surface area contributed by atoms with Crippen molar-refractivity contribution in [1.82, 2.24) is 24.6 Å². The maximum Gasteiger partial charge on any atom is 0.230 e. The summed E-state index contributed by atoms with van der Waals surface area (Å²) in [7, 11) is 0. The summed E-state index contributed by atoms with van der Waals surface area (Å²) in [5.41, 5.74) is 3.85. The van der Waals surface area contributed by atoms with Gasteiger partial charge < -0.3 is 9.80 Å². The molecular weight excluding hydrogens is 448 g/mol. The molecule has 2 aromatic carbocycles. The van der Waals surface area contributed by atoms with Crippen LogP contribution in [-0.2, 0) is 11.2 Å². The molecule has 0 N–H and O–H groups in total. The van der Waals surface area contributed by atoms with Crippen LogP contribution in [0, 0.1) is 6.92 Å². The third-order valence-corrected chi connectivity index (χ3v) is 7.00. The predicted octanol–water partition coefficient (Wildman–Crippen LogP) is 4.92. The highest BCUT2D eigenvalue weighted by molar-refractivity contribution is 5.91. The number of piperazine rings is 1. The molecule has 1 aliphatic rings. The van der Waals surface area contributed by atoms with Gasteiger partial charge in [-0.2, -0.15) is 5.10 Å². The van der Waals surface area contributed by atoms with Gasteiger partial charge in [0.25, 0.3) is 0 Å². The van der Waals surface area contributed by atoms with E-state index < -0.39 is 0 Å². The van der Waals surface area contributed by atoms with Crippen LogP contribution in [0.25, 0.3) is 16.7 Å². The molecule has 1 atom stereocenters. The van der Waals surface area contributed by atoms with Gasteiger partial charge in [-0.1, -0.05) is 62.4 Å². The smallest absolute Gasteiger partial charge is 0.230 e. The van der Waals surface area contributed by atoms with E-state index in [0.29, 0.717) is 13.1 Å². The Hall–Kier alpha value is -3.74. The summed E-state index contributed by atoms with van der Waals surface area (Å²) in [5.74, 6) is 1.90. The number of hydrogen-bond donors (Lipinski definition) is 0. The van der Waals surface area contributed by atoms with E-state index in [4.69, 9.17) is 15.1 Å². The summed E-state index contributed by atoms with van der Waals surface area (Å²) in [6, 6.07) is 20.3. The van der Waals surface area contributed by atoms with Crippen LogP contribution in [0.15, 0.2) is 60.7 Å². The summed E-state index contributed by atoms with van der Waals surface area (Å²) in [6.07, 6.45) is 2.59. The van der Waals surface area contributed by atoms with E-state index in [9.17, 15) is 4.79 Å². The fraction of sp³-hybridized carbons (Fsp3) is 0.379. The average Bonchev–Trinajstić information content (AvgIpc) is 3.26. The first-order valence-electron chi connectivity index (χ1n) is 13.0. The fourth-order valence-corrected chi connectivity index (χ4v) is 5.12. The number of benzene rings is 2. The van der Waals surface area contributed by atoms with Crippen molar-refractivity contribution in [1.29, 1.82) is 0 Å². The molecule has 1 amide bonds. The molecule has 2 aromatic heterocycles. The third kappa shape index (κ3) is 4.57. The van der Waals surface area contributed by atoms with Crippen molar-refractivity contribution < 1.29 is 4.79 Å². The Balaban J connectivity index is 1.43. The Morgan fingerprint density at radius 1 is 0.917 bits per heavy atom. The van der Waals surface area contributed by atoms with Crippen molar-refractivity contribution >= 4 is 22.8 Å². The molecule has 1 unspecified atom stereocenters. The van der Waals surface area contributed by atoms with E-state index in [1.807, 2.05) is 52.9 Å². The van der Waals surface area contributed by atoms with Gasteiger partial charge in [0.2, 0.25) is 5.91 Å². The van der Waals surface area contributed by atoms with Crippen LogP contribution >= 0.6 is 0 Å². The number of aromatic nitrogens is 4. The van der Waals surface area contributed by atoms with Crippen LogP contribution in [0.2, 0.25) is 0 Å². The molecule has 1 saturated heterocycles. The number of nitrogens with zero attached hydrogens (tertiary/aromatic N) is 6. The Kier molecular flexibility index (Phi) is 6.98. The average molecular weight is 483 g/mol. The largest absolute Gasteiger partial charge is 0.352 e. The van der Waals surface area contributed by atoms with Gasteiger partial charge in [-0.15, -0.1) is 0 Å². The number of carbonyl (C=O) groups excluding carboxylic acids is 1. The first-order chi connectivity index (χ1) is 17.6. The minimum Gasteiger partial charge on any atom is -0.352 e. The molecule has 3 heterocycles. The van der Waals surface area contributed by atoms with Crippen LogP contribution in [0.5, 0.6) is 0 Å². The van der Waals surface area contributed by atoms with Crippen LogP contribution in [0.4, 0.5) is 5.82 Å². The summed E-state index contributed by atoms with van der Waals surface area (Å²) in [5, 5.41) is 5.85. The van der Waals surface area contributed by atoms with Gasteiger partial charge in [0.15, 0.2) is 5.65 Å². The Bertz CT molecular complexity index is 1330. The summed E-state index contributed by atoms with van der Waals surface area (Å²) in [6.45, 7) is 9.11. The van der Waals surface area contributed by atoms with Gasteiger partial charge in [-0.05, 0) is 37.5 Å². The van der Waals surface area contributed by atoms with Crippen molar-refractivity contribution in [3.8, 4) is 5.69 Å². The molecule has 0 aliphatic carbocycles. The van der Waals surface area contributed by atoms with E-state index in [2.05, 4.69) is 43.0 Å². The number of hydrogen-bond acceptors (Lipinski definition) is 5. The third-order valence-electron chi connectivity index (χ3n) is 7.00. The standard InChI is InChI=1S/C29H34N6O/c1-4-12-25-30-27(26-21(3)32-35(28(26)31-25)23-15-10-7-11-16-23)33-17-19-34(20-18-33)29(36)24(5-2)22-13-8-6-9-14-22/h6-11,13-16,24H,4-5,12,17-20H2,1-3H3. The van der Waals surface area contributed by atoms with Gasteiger partial charge in [-0.3, -0.25) is 4.79 Å². The summed E-state index contributed by atoms with van der Waals surface area (Å²) < 4.78 is 1.93. The quantitative estimate of drug-likeness (QED) is 0.374. The van der Waals surface area contributed by atoms with Crippen molar-refractivity contribution in [2.75, 3.05) is 31.1 Å². The molecule has 1 fully saturated rings. The van der Waals surface area contributed by atoms with E-state index in [1.165, 1.54) is 0 Å². The number of aryl methyl sites for hydroxylation is 2. The number of rotatable bonds is 7. The molecule has 1 aliphatic heterocycles. The fourth-order valence-electron chi connectivity index (χ4n) is 5.12. The minimum atomic E-state index is -0.0917. The SMILES string of the molecule is CCCc1nc(N2CCN(C(=O)C(CC)c3ccccc3)CC2)c2c(C)nn(-c3ccccc3)c2n1. The first-order valence-corrected chi connectivity index (χ1v) is 13.0.